The summed E-state index contributed by atoms with van der Waals surface area (Å²) in [6.45, 7) is 4.29. The number of allylic oxidation sites excluding steroid dienone is 3. The standard InChI is InChI=1S/C41H35N2/c1-28-18-22-31(23-19-28)40-35(34-14-8-10-16-37(34)42(40)3)27-26-33(30-12-6-5-7-13-30)39-36-15-9-11-17-38(36)43(4)41(39)32-24-20-29(2)21-25-32/h5-27H,1-4H3/q+1. The van der Waals surface area contributed by atoms with Gasteiger partial charge in [-0.25, -0.2) is 0 Å². The van der Waals surface area contributed by atoms with Crippen molar-refractivity contribution in [2.45, 2.75) is 13.8 Å². The van der Waals surface area contributed by atoms with E-state index in [1.165, 1.54) is 78.1 Å². The van der Waals surface area contributed by atoms with Crippen molar-refractivity contribution in [3.05, 3.63) is 173 Å². The second-order valence-corrected chi connectivity index (χ2v) is 11.5. The number of rotatable bonds is 5. The molecule has 0 unspecified atom stereocenters. The Labute approximate surface area is 254 Å². The molecule has 0 amide bonds. The molecule has 0 saturated carbocycles. The first-order chi connectivity index (χ1) is 21.0. The minimum atomic E-state index is 1.19. The molecule has 0 radical (unpaired) electrons. The maximum absolute atomic E-state index is 2.35. The van der Waals surface area contributed by atoms with Crippen LogP contribution < -0.4 is 0 Å². The van der Waals surface area contributed by atoms with Crippen LogP contribution in [0.3, 0.4) is 0 Å². The van der Waals surface area contributed by atoms with E-state index in [-0.39, 0.29) is 0 Å². The molecule has 0 bridgehead atoms. The fraction of sp³-hybridized carbons (Fsp3) is 0.0976. The number of aromatic nitrogens is 1. The summed E-state index contributed by atoms with van der Waals surface area (Å²) in [6, 6.07) is 46.1. The lowest BCUT2D eigenvalue weighted by Gasteiger charge is -2.13. The van der Waals surface area contributed by atoms with Crippen LogP contribution in [0, 0.1) is 13.8 Å². The Balaban J connectivity index is 1.52. The summed E-state index contributed by atoms with van der Waals surface area (Å²) < 4.78 is 4.68. The summed E-state index contributed by atoms with van der Waals surface area (Å²) in [5.41, 5.74) is 16.0. The first-order valence-corrected chi connectivity index (χ1v) is 14.9. The molecular formula is C41H35N2+. The summed E-state index contributed by atoms with van der Waals surface area (Å²) in [6.07, 6.45) is 4.68. The largest absolute Gasteiger partial charge is 0.343 e. The Hall–Kier alpha value is -5.21. The van der Waals surface area contributed by atoms with Gasteiger partial charge >= 0.3 is 0 Å². The molecule has 2 heteroatoms. The molecule has 0 atom stereocenters. The van der Waals surface area contributed by atoms with Crippen molar-refractivity contribution in [3.8, 4) is 11.3 Å². The number of nitrogens with zero attached hydrogens (tertiary/aromatic N) is 2. The third-order valence-electron chi connectivity index (χ3n) is 8.67. The van der Waals surface area contributed by atoms with Crippen molar-refractivity contribution in [3.63, 3.8) is 0 Å². The van der Waals surface area contributed by atoms with Gasteiger partial charge in [-0.05, 0) is 60.9 Å². The Morgan fingerprint density at radius 1 is 0.651 bits per heavy atom. The highest BCUT2D eigenvalue weighted by atomic mass is 15.0. The molecule has 0 aliphatic carbocycles. The number of aryl methyl sites for hydroxylation is 3. The van der Waals surface area contributed by atoms with Crippen LogP contribution >= 0.6 is 0 Å². The lowest BCUT2D eigenvalue weighted by atomic mass is 9.91. The molecule has 43 heavy (non-hydrogen) atoms. The molecule has 1 aromatic heterocycles. The van der Waals surface area contributed by atoms with Gasteiger partial charge < -0.3 is 4.57 Å². The first kappa shape index (κ1) is 26.7. The van der Waals surface area contributed by atoms with E-state index in [1.807, 2.05) is 0 Å². The summed E-state index contributed by atoms with van der Waals surface area (Å²) in [7, 11) is 4.37. The van der Waals surface area contributed by atoms with E-state index in [2.05, 4.69) is 177 Å². The van der Waals surface area contributed by atoms with Crippen molar-refractivity contribution in [1.29, 1.82) is 0 Å². The van der Waals surface area contributed by atoms with Gasteiger partial charge in [-0.2, -0.15) is 4.58 Å². The molecule has 6 aromatic rings. The zero-order chi connectivity index (χ0) is 29.5. The van der Waals surface area contributed by atoms with Gasteiger partial charge in [-0.3, -0.25) is 0 Å². The highest BCUT2D eigenvalue weighted by Gasteiger charge is 2.33. The zero-order valence-electron chi connectivity index (χ0n) is 25.2. The third kappa shape index (κ3) is 4.66. The number of para-hydroxylation sites is 2. The lowest BCUT2D eigenvalue weighted by molar-refractivity contribution is -0.400. The van der Waals surface area contributed by atoms with Crippen LogP contribution in [0.2, 0.25) is 0 Å². The third-order valence-corrected chi connectivity index (χ3v) is 8.67. The van der Waals surface area contributed by atoms with E-state index in [0.717, 1.165) is 0 Å². The Morgan fingerprint density at radius 3 is 1.98 bits per heavy atom. The molecule has 5 aromatic carbocycles. The maximum atomic E-state index is 2.35. The quantitative estimate of drug-likeness (QED) is 0.187. The second kappa shape index (κ2) is 10.9. The molecule has 208 valence electrons. The molecule has 1 aliphatic rings. The molecule has 0 spiro atoms. The van der Waals surface area contributed by atoms with Crippen LogP contribution in [-0.2, 0) is 7.05 Å². The topological polar surface area (TPSA) is 7.94 Å². The van der Waals surface area contributed by atoms with E-state index in [0.29, 0.717) is 0 Å². The van der Waals surface area contributed by atoms with Crippen LogP contribution in [0.25, 0.3) is 33.3 Å². The van der Waals surface area contributed by atoms with Gasteiger partial charge in [-0.15, -0.1) is 0 Å². The predicted octanol–water partition coefficient (Wildman–Crippen LogP) is 9.75. The van der Waals surface area contributed by atoms with Crippen LogP contribution in [0.4, 0.5) is 5.69 Å². The molecule has 1 aliphatic heterocycles. The molecule has 0 fully saturated rings. The van der Waals surface area contributed by atoms with Crippen molar-refractivity contribution in [1.82, 2.24) is 4.57 Å². The highest BCUT2D eigenvalue weighted by Crippen LogP contribution is 2.41. The van der Waals surface area contributed by atoms with Gasteiger partial charge in [0, 0.05) is 35.1 Å². The molecule has 0 N–H and O–H groups in total. The summed E-state index contributed by atoms with van der Waals surface area (Å²) in [5, 5.41) is 1.25. The summed E-state index contributed by atoms with van der Waals surface area (Å²) in [4.78, 5) is 0. The molecule has 0 saturated heterocycles. The van der Waals surface area contributed by atoms with Gasteiger partial charge in [0.1, 0.15) is 7.05 Å². The number of hydrogen-bond donors (Lipinski definition) is 0. The molecule has 7 rings (SSSR count). The van der Waals surface area contributed by atoms with Crippen LogP contribution in [0.1, 0.15) is 33.4 Å². The van der Waals surface area contributed by atoms with Gasteiger partial charge in [-0.1, -0.05) is 114 Å². The average molecular weight is 556 g/mol. The second-order valence-electron chi connectivity index (χ2n) is 11.5. The Kier molecular flexibility index (Phi) is 6.75. The van der Waals surface area contributed by atoms with Crippen molar-refractivity contribution in [2.24, 2.45) is 7.05 Å². The van der Waals surface area contributed by atoms with Crippen molar-refractivity contribution >= 4 is 33.4 Å². The highest BCUT2D eigenvalue weighted by molar-refractivity contribution is 6.32. The number of hydrogen-bond acceptors (Lipinski definition) is 0. The van der Waals surface area contributed by atoms with Crippen molar-refractivity contribution < 1.29 is 4.58 Å². The normalized spacial score (nSPS) is 14.1. The molecular weight excluding hydrogens is 520 g/mol. The fourth-order valence-corrected chi connectivity index (χ4v) is 6.48. The maximum Gasteiger partial charge on any atom is 0.220 e. The number of fused-ring (bicyclic) bond motifs is 2. The van der Waals surface area contributed by atoms with E-state index < -0.39 is 0 Å². The number of benzene rings is 5. The minimum Gasteiger partial charge on any atom is -0.343 e. The lowest BCUT2D eigenvalue weighted by Crippen LogP contribution is -2.10. The average Bonchev–Trinajstić information content (AvgIpc) is 3.49. The summed E-state index contributed by atoms with van der Waals surface area (Å²) >= 11 is 0. The van der Waals surface area contributed by atoms with Crippen molar-refractivity contribution in [2.75, 3.05) is 7.05 Å². The van der Waals surface area contributed by atoms with E-state index in [4.69, 9.17) is 0 Å². The summed E-state index contributed by atoms with van der Waals surface area (Å²) in [5.74, 6) is 0. The van der Waals surface area contributed by atoms with Crippen LogP contribution in [0.5, 0.6) is 0 Å². The van der Waals surface area contributed by atoms with Crippen LogP contribution in [-0.4, -0.2) is 21.9 Å². The van der Waals surface area contributed by atoms with Gasteiger partial charge in [0.2, 0.25) is 11.4 Å². The predicted molar refractivity (Wildman–Crippen MR) is 182 cm³/mol. The van der Waals surface area contributed by atoms with Gasteiger partial charge in [0.25, 0.3) is 0 Å². The monoisotopic (exact) mass is 555 g/mol. The van der Waals surface area contributed by atoms with E-state index in [9.17, 15) is 0 Å². The van der Waals surface area contributed by atoms with Gasteiger partial charge in [0.15, 0.2) is 0 Å². The zero-order valence-corrected chi connectivity index (χ0v) is 25.2. The Morgan fingerprint density at radius 2 is 1.26 bits per heavy atom. The Bertz CT molecular complexity index is 2070. The first-order valence-electron chi connectivity index (χ1n) is 14.9. The van der Waals surface area contributed by atoms with Crippen LogP contribution in [0.15, 0.2) is 140 Å². The van der Waals surface area contributed by atoms with E-state index in [1.54, 1.807) is 0 Å². The smallest absolute Gasteiger partial charge is 0.220 e. The van der Waals surface area contributed by atoms with Gasteiger partial charge in [0.05, 0.1) is 16.8 Å². The molecule has 2 heterocycles. The minimum absolute atomic E-state index is 1.19. The fourth-order valence-electron chi connectivity index (χ4n) is 6.48. The van der Waals surface area contributed by atoms with E-state index >= 15 is 0 Å². The molecule has 2 nitrogen and oxygen atoms in total. The SMILES string of the molecule is Cc1ccc(C2=[N+](C)c3ccccc3/C2=C\C=C(/c2ccccc2)c2c(-c3ccc(C)cc3)n(C)c3ccccc23)cc1.